The quantitative estimate of drug-likeness (QED) is 0.661. The first-order valence-corrected chi connectivity index (χ1v) is 3.04. The minimum atomic E-state index is -0.0267. The van der Waals surface area contributed by atoms with Crippen LogP contribution in [0.4, 0.5) is 0 Å². The van der Waals surface area contributed by atoms with Gasteiger partial charge in [-0.1, -0.05) is 0 Å². The highest BCUT2D eigenvalue weighted by Crippen LogP contribution is 1.97. The van der Waals surface area contributed by atoms with Crippen LogP contribution in [-0.4, -0.2) is 5.91 Å². The normalized spacial score (nSPS) is 9.30. The van der Waals surface area contributed by atoms with E-state index < -0.39 is 0 Å². The van der Waals surface area contributed by atoms with Crippen molar-refractivity contribution in [1.29, 1.82) is 0 Å². The van der Waals surface area contributed by atoms with Crippen molar-refractivity contribution in [2.24, 2.45) is 0 Å². The molecule has 0 saturated carbocycles. The highest BCUT2D eigenvalue weighted by molar-refractivity contribution is 5.72. The fraction of sp³-hybridized carbons (Fsp3) is 0.286. The fourth-order valence-electron chi connectivity index (χ4n) is 0.620. The van der Waals surface area contributed by atoms with Crippen molar-refractivity contribution >= 4 is 5.91 Å². The Morgan fingerprint density at radius 2 is 2.60 bits per heavy atom. The molecule has 0 spiro atoms. The number of carbonyl (C=O) groups is 1. The van der Waals surface area contributed by atoms with E-state index in [-0.39, 0.29) is 5.91 Å². The number of carbonyl (C=O) groups excluding carboxylic acids is 1. The summed E-state index contributed by atoms with van der Waals surface area (Å²) in [6.45, 7) is 2.03. The topological polar surface area (TPSA) is 42.2 Å². The first kappa shape index (κ1) is 6.86. The smallest absolute Gasteiger partial charge is 0.217 e. The second-order valence-corrected chi connectivity index (χ2v) is 2.04. The predicted molar refractivity (Wildman–Crippen MR) is 36.2 cm³/mol. The van der Waals surface area contributed by atoms with E-state index in [1.807, 2.05) is 6.07 Å². The van der Waals surface area contributed by atoms with E-state index in [9.17, 15) is 4.79 Å². The molecule has 0 aromatic carbocycles. The van der Waals surface area contributed by atoms with E-state index >= 15 is 0 Å². The summed E-state index contributed by atoms with van der Waals surface area (Å²) in [7, 11) is 0. The number of furan rings is 1. The Kier molecular flexibility index (Phi) is 2.10. The van der Waals surface area contributed by atoms with E-state index in [1.165, 1.54) is 6.92 Å². The molecule has 3 heteroatoms. The highest BCUT2D eigenvalue weighted by Gasteiger charge is 1.93. The van der Waals surface area contributed by atoms with Gasteiger partial charge in [0.25, 0.3) is 0 Å². The minimum absolute atomic E-state index is 0.0267. The van der Waals surface area contributed by atoms with Crippen LogP contribution in [0.3, 0.4) is 0 Å². The van der Waals surface area contributed by atoms with Gasteiger partial charge in [-0.2, -0.15) is 0 Å². The molecule has 1 heterocycles. The van der Waals surface area contributed by atoms with Gasteiger partial charge in [-0.25, -0.2) is 0 Å². The molecule has 0 atom stereocenters. The molecule has 3 nitrogen and oxygen atoms in total. The largest absolute Gasteiger partial charge is 0.472 e. The number of amides is 1. The van der Waals surface area contributed by atoms with E-state index in [0.29, 0.717) is 6.54 Å². The molecule has 1 aromatic rings. The second kappa shape index (κ2) is 3.06. The Balaban J connectivity index is 2.35. The van der Waals surface area contributed by atoms with Gasteiger partial charge < -0.3 is 9.73 Å². The highest BCUT2D eigenvalue weighted by atomic mass is 16.3. The van der Waals surface area contributed by atoms with Gasteiger partial charge in [0.1, 0.15) is 0 Å². The van der Waals surface area contributed by atoms with Crippen molar-refractivity contribution in [2.75, 3.05) is 0 Å². The third-order valence-electron chi connectivity index (χ3n) is 1.12. The zero-order valence-electron chi connectivity index (χ0n) is 5.76. The average molecular weight is 139 g/mol. The molecule has 0 fully saturated rings. The summed E-state index contributed by atoms with van der Waals surface area (Å²) >= 11 is 0. The van der Waals surface area contributed by atoms with Gasteiger partial charge in [-0.3, -0.25) is 4.79 Å². The maximum atomic E-state index is 10.4. The average Bonchev–Trinajstić information content (AvgIpc) is 2.34. The number of hydrogen-bond donors (Lipinski definition) is 1. The predicted octanol–water partition coefficient (Wildman–Crippen LogP) is 0.916. The number of hydrogen-bond acceptors (Lipinski definition) is 2. The summed E-state index contributed by atoms with van der Waals surface area (Å²) in [6.07, 6.45) is 3.19. The van der Waals surface area contributed by atoms with Crippen molar-refractivity contribution in [3.63, 3.8) is 0 Å². The minimum Gasteiger partial charge on any atom is -0.472 e. The molecule has 0 aliphatic heterocycles. The lowest BCUT2D eigenvalue weighted by atomic mass is 10.3. The van der Waals surface area contributed by atoms with Crippen LogP contribution in [0.15, 0.2) is 23.0 Å². The van der Waals surface area contributed by atoms with Crippen molar-refractivity contribution in [2.45, 2.75) is 13.5 Å². The van der Waals surface area contributed by atoms with Crippen LogP contribution in [-0.2, 0) is 11.3 Å². The molecular formula is C7H9NO2. The zero-order valence-corrected chi connectivity index (χ0v) is 5.76. The Morgan fingerprint density at radius 1 is 1.80 bits per heavy atom. The van der Waals surface area contributed by atoms with Crippen LogP contribution in [0.2, 0.25) is 0 Å². The summed E-state index contributed by atoms with van der Waals surface area (Å²) < 4.78 is 4.80. The maximum absolute atomic E-state index is 10.4. The van der Waals surface area contributed by atoms with Crippen molar-refractivity contribution in [1.82, 2.24) is 5.32 Å². The second-order valence-electron chi connectivity index (χ2n) is 2.04. The van der Waals surface area contributed by atoms with Gasteiger partial charge in [-0.05, 0) is 6.07 Å². The molecule has 0 aliphatic carbocycles. The van der Waals surface area contributed by atoms with Gasteiger partial charge in [-0.15, -0.1) is 0 Å². The molecule has 54 valence electrons. The SMILES string of the molecule is CC(=O)NCc1ccoc1. The summed E-state index contributed by atoms with van der Waals surface area (Å²) in [4.78, 5) is 10.4. The molecule has 1 aromatic heterocycles. The Bertz CT molecular complexity index is 203. The molecule has 0 radical (unpaired) electrons. The Hall–Kier alpha value is -1.25. The molecule has 1 amide bonds. The first-order chi connectivity index (χ1) is 4.79. The Morgan fingerprint density at radius 3 is 3.10 bits per heavy atom. The van der Waals surface area contributed by atoms with Crippen LogP contribution in [0.5, 0.6) is 0 Å². The van der Waals surface area contributed by atoms with Gasteiger partial charge in [0.2, 0.25) is 5.91 Å². The van der Waals surface area contributed by atoms with E-state index in [0.717, 1.165) is 5.56 Å². The van der Waals surface area contributed by atoms with E-state index in [1.54, 1.807) is 12.5 Å². The molecule has 1 rings (SSSR count). The molecule has 10 heavy (non-hydrogen) atoms. The van der Waals surface area contributed by atoms with Crippen LogP contribution >= 0.6 is 0 Å². The number of nitrogens with one attached hydrogen (secondary N) is 1. The van der Waals surface area contributed by atoms with Crippen molar-refractivity contribution in [3.05, 3.63) is 24.2 Å². The van der Waals surface area contributed by atoms with Crippen LogP contribution in [0.25, 0.3) is 0 Å². The van der Waals surface area contributed by atoms with Gasteiger partial charge >= 0.3 is 0 Å². The third-order valence-corrected chi connectivity index (χ3v) is 1.12. The molecule has 1 N–H and O–H groups in total. The summed E-state index contributed by atoms with van der Waals surface area (Å²) in [5.41, 5.74) is 0.982. The maximum Gasteiger partial charge on any atom is 0.217 e. The van der Waals surface area contributed by atoms with Crippen molar-refractivity contribution in [3.8, 4) is 0 Å². The molecular weight excluding hydrogens is 130 g/mol. The lowest BCUT2D eigenvalue weighted by molar-refractivity contribution is -0.119. The molecule has 0 bridgehead atoms. The standard InChI is InChI=1S/C7H9NO2/c1-6(9)8-4-7-2-3-10-5-7/h2-3,5H,4H2,1H3,(H,8,9). The summed E-state index contributed by atoms with van der Waals surface area (Å²) in [6, 6.07) is 1.82. The third kappa shape index (κ3) is 1.93. The van der Waals surface area contributed by atoms with Crippen LogP contribution in [0, 0.1) is 0 Å². The molecule has 0 saturated heterocycles. The van der Waals surface area contributed by atoms with Crippen LogP contribution in [0.1, 0.15) is 12.5 Å². The summed E-state index contributed by atoms with van der Waals surface area (Å²) in [5.74, 6) is -0.0267. The van der Waals surface area contributed by atoms with Gasteiger partial charge in [0.15, 0.2) is 0 Å². The lowest BCUT2D eigenvalue weighted by Crippen LogP contribution is -2.18. The Labute approximate surface area is 59.0 Å². The molecule has 0 aliphatic rings. The molecule has 0 unspecified atom stereocenters. The van der Waals surface area contributed by atoms with E-state index in [2.05, 4.69) is 5.32 Å². The van der Waals surface area contributed by atoms with Gasteiger partial charge in [0, 0.05) is 19.0 Å². The lowest BCUT2D eigenvalue weighted by Gasteiger charge is -1.95. The first-order valence-electron chi connectivity index (χ1n) is 3.04. The zero-order chi connectivity index (χ0) is 7.40. The fourth-order valence-corrected chi connectivity index (χ4v) is 0.620. The van der Waals surface area contributed by atoms with Gasteiger partial charge in [0.05, 0.1) is 12.5 Å². The number of rotatable bonds is 2. The van der Waals surface area contributed by atoms with Crippen LogP contribution < -0.4 is 5.32 Å². The van der Waals surface area contributed by atoms with Crippen molar-refractivity contribution < 1.29 is 9.21 Å². The monoisotopic (exact) mass is 139 g/mol. The summed E-state index contributed by atoms with van der Waals surface area (Å²) in [5, 5.41) is 2.65. The van der Waals surface area contributed by atoms with E-state index in [4.69, 9.17) is 4.42 Å².